The summed E-state index contributed by atoms with van der Waals surface area (Å²) in [6, 6.07) is 5.19. The van der Waals surface area contributed by atoms with E-state index in [2.05, 4.69) is 0 Å². The molecule has 0 atom stereocenters. The zero-order valence-corrected chi connectivity index (χ0v) is 8.33. The third kappa shape index (κ3) is 2.19. The second-order valence-electron chi connectivity index (χ2n) is 2.94. The lowest BCUT2D eigenvalue weighted by Gasteiger charge is -2.04. The van der Waals surface area contributed by atoms with Gasteiger partial charge in [-0.15, -0.1) is 0 Å². The highest BCUT2D eigenvalue weighted by Crippen LogP contribution is 2.10. The fourth-order valence-corrected chi connectivity index (χ4v) is 1.14. The van der Waals surface area contributed by atoms with Gasteiger partial charge in [-0.3, -0.25) is 0 Å². The predicted molar refractivity (Wildman–Crippen MR) is 55.0 cm³/mol. The fraction of sp³-hybridized carbons (Fsp3) is 0.273. The maximum absolute atomic E-state index is 11.3. The molecule has 0 heterocycles. The van der Waals surface area contributed by atoms with Gasteiger partial charge in [-0.05, 0) is 37.1 Å². The Morgan fingerprint density at radius 2 is 2.29 bits per heavy atom. The van der Waals surface area contributed by atoms with E-state index >= 15 is 0 Å². The molecule has 0 bridgehead atoms. The minimum atomic E-state index is -0.337. The van der Waals surface area contributed by atoms with Crippen LogP contribution in [0.25, 0.3) is 0 Å². The molecule has 0 saturated carbocycles. The number of ether oxygens (including phenoxy) is 1. The van der Waals surface area contributed by atoms with E-state index in [-0.39, 0.29) is 5.97 Å². The first kappa shape index (κ1) is 10.4. The quantitative estimate of drug-likeness (QED) is 0.588. The van der Waals surface area contributed by atoms with Crippen molar-refractivity contribution >= 4 is 12.2 Å². The average molecular weight is 191 g/mol. The number of rotatable bonds is 3. The Kier molecular flexibility index (Phi) is 3.40. The number of benzene rings is 1. The summed E-state index contributed by atoms with van der Waals surface area (Å²) in [6.45, 7) is 4.03. The lowest BCUT2D eigenvalue weighted by molar-refractivity contribution is 0.0526. The van der Waals surface area contributed by atoms with E-state index in [0.29, 0.717) is 12.2 Å². The van der Waals surface area contributed by atoms with Crippen molar-refractivity contribution < 1.29 is 9.53 Å². The molecule has 0 unspecified atom stereocenters. The number of carbonyl (C=O) groups is 1. The van der Waals surface area contributed by atoms with Crippen molar-refractivity contribution in [2.24, 2.45) is 0 Å². The van der Waals surface area contributed by atoms with Crippen molar-refractivity contribution in [3.63, 3.8) is 0 Å². The fourth-order valence-electron chi connectivity index (χ4n) is 1.14. The van der Waals surface area contributed by atoms with Crippen molar-refractivity contribution in [1.82, 2.24) is 0 Å². The Bertz CT molecular complexity index is 358. The van der Waals surface area contributed by atoms with E-state index in [1.165, 1.54) is 6.21 Å². The lowest BCUT2D eigenvalue weighted by Crippen LogP contribution is -2.05. The Morgan fingerprint density at radius 1 is 1.57 bits per heavy atom. The second-order valence-corrected chi connectivity index (χ2v) is 2.94. The first-order valence-corrected chi connectivity index (χ1v) is 4.47. The van der Waals surface area contributed by atoms with Crippen LogP contribution in [0.4, 0.5) is 0 Å². The van der Waals surface area contributed by atoms with E-state index in [9.17, 15) is 4.79 Å². The molecule has 0 spiro atoms. The van der Waals surface area contributed by atoms with E-state index in [4.69, 9.17) is 10.1 Å². The van der Waals surface area contributed by atoms with Crippen molar-refractivity contribution in [3.8, 4) is 0 Å². The molecule has 3 heteroatoms. The van der Waals surface area contributed by atoms with Crippen LogP contribution in [0.1, 0.15) is 28.4 Å². The largest absolute Gasteiger partial charge is 0.462 e. The van der Waals surface area contributed by atoms with Gasteiger partial charge in [-0.1, -0.05) is 6.07 Å². The first-order valence-electron chi connectivity index (χ1n) is 4.47. The predicted octanol–water partition coefficient (Wildman–Crippen LogP) is 2.17. The highest BCUT2D eigenvalue weighted by atomic mass is 16.5. The second kappa shape index (κ2) is 4.56. The molecule has 1 N–H and O–H groups in total. The van der Waals surface area contributed by atoms with Gasteiger partial charge in [0.2, 0.25) is 0 Å². The molecule has 3 nitrogen and oxygen atoms in total. The highest BCUT2D eigenvalue weighted by Gasteiger charge is 2.07. The molecule has 0 aliphatic carbocycles. The van der Waals surface area contributed by atoms with Gasteiger partial charge >= 0.3 is 5.97 Å². The van der Waals surface area contributed by atoms with Crippen LogP contribution in [-0.4, -0.2) is 18.8 Å². The lowest BCUT2D eigenvalue weighted by atomic mass is 10.1. The van der Waals surface area contributed by atoms with Crippen LogP contribution >= 0.6 is 0 Å². The van der Waals surface area contributed by atoms with Gasteiger partial charge in [0.15, 0.2) is 0 Å². The topological polar surface area (TPSA) is 50.2 Å². The molecule has 0 aromatic heterocycles. The highest BCUT2D eigenvalue weighted by molar-refractivity contribution is 5.92. The summed E-state index contributed by atoms with van der Waals surface area (Å²) in [6.07, 6.45) is 1.23. The number of hydrogen-bond donors (Lipinski definition) is 1. The standard InChI is InChI=1S/C11H13NO2/c1-3-14-11(13)9-5-4-8(2)10(6-9)7-12/h4-7,12H,3H2,1-2H3. The molecule has 1 rings (SSSR count). The van der Waals surface area contributed by atoms with E-state index in [0.717, 1.165) is 11.1 Å². The average Bonchev–Trinajstić information content (AvgIpc) is 2.19. The summed E-state index contributed by atoms with van der Waals surface area (Å²) in [5, 5.41) is 7.15. The molecule has 0 radical (unpaired) electrons. The monoisotopic (exact) mass is 191 g/mol. The molecule has 14 heavy (non-hydrogen) atoms. The van der Waals surface area contributed by atoms with Crippen LogP contribution in [0.5, 0.6) is 0 Å². The van der Waals surface area contributed by atoms with Gasteiger partial charge < -0.3 is 10.1 Å². The van der Waals surface area contributed by atoms with E-state index < -0.39 is 0 Å². The van der Waals surface area contributed by atoms with Crippen LogP contribution in [-0.2, 0) is 4.74 Å². The summed E-state index contributed by atoms with van der Waals surface area (Å²) < 4.78 is 4.85. The molecular weight excluding hydrogens is 178 g/mol. The van der Waals surface area contributed by atoms with Crippen LogP contribution in [0, 0.1) is 12.3 Å². The summed E-state index contributed by atoms with van der Waals surface area (Å²) in [5.41, 5.74) is 2.22. The molecule has 74 valence electrons. The zero-order valence-electron chi connectivity index (χ0n) is 8.33. The SMILES string of the molecule is CCOC(=O)c1ccc(C)c(C=N)c1. The van der Waals surface area contributed by atoms with E-state index in [1.807, 2.05) is 13.0 Å². The number of hydrogen-bond acceptors (Lipinski definition) is 3. The third-order valence-corrected chi connectivity index (χ3v) is 1.95. The molecule has 0 amide bonds. The number of esters is 1. The summed E-state index contributed by atoms with van der Waals surface area (Å²) in [4.78, 5) is 11.3. The van der Waals surface area contributed by atoms with E-state index in [1.54, 1.807) is 19.1 Å². The van der Waals surface area contributed by atoms with Crippen LogP contribution in [0.2, 0.25) is 0 Å². The van der Waals surface area contributed by atoms with Crippen molar-refractivity contribution in [2.75, 3.05) is 6.61 Å². The zero-order chi connectivity index (χ0) is 10.6. The number of carbonyl (C=O) groups excluding carboxylic acids is 1. The molecule has 1 aromatic carbocycles. The maximum atomic E-state index is 11.3. The summed E-state index contributed by atoms with van der Waals surface area (Å²) >= 11 is 0. The molecule has 0 fully saturated rings. The smallest absolute Gasteiger partial charge is 0.338 e. The van der Waals surface area contributed by atoms with Crippen molar-refractivity contribution in [2.45, 2.75) is 13.8 Å². The Morgan fingerprint density at radius 3 is 2.86 bits per heavy atom. The van der Waals surface area contributed by atoms with Gasteiger partial charge in [-0.2, -0.15) is 0 Å². The number of aryl methyl sites for hydroxylation is 1. The number of nitrogens with one attached hydrogen (secondary N) is 1. The molecule has 0 aliphatic heterocycles. The van der Waals surface area contributed by atoms with Gasteiger partial charge in [0.1, 0.15) is 0 Å². The molecule has 0 saturated heterocycles. The Balaban J connectivity index is 3.00. The molecular formula is C11H13NO2. The van der Waals surface area contributed by atoms with Crippen LogP contribution < -0.4 is 0 Å². The summed E-state index contributed by atoms with van der Waals surface area (Å²) in [5.74, 6) is -0.337. The minimum absolute atomic E-state index is 0.337. The third-order valence-electron chi connectivity index (χ3n) is 1.95. The summed E-state index contributed by atoms with van der Waals surface area (Å²) in [7, 11) is 0. The molecule has 1 aromatic rings. The van der Waals surface area contributed by atoms with Gasteiger partial charge in [0.05, 0.1) is 12.2 Å². The Labute approximate surface area is 83.2 Å². The normalized spacial score (nSPS) is 9.57. The van der Waals surface area contributed by atoms with Crippen LogP contribution in [0.3, 0.4) is 0 Å². The van der Waals surface area contributed by atoms with Crippen molar-refractivity contribution in [1.29, 1.82) is 5.41 Å². The van der Waals surface area contributed by atoms with Gasteiger partial charge in [0.25, 0.3) is 0 Å². The molecule has 0 aliphatic rings. The first-order chi connectivity index (χ1) is 6.69. The van der Waals surface area contributed by atoms with Crippen LogP contribution in [0.15, 0.2) is 18.2 Å². The van der Waals surface area contributed by atoms with Crippen molar-refractivity contribution in [3.05, 3.63) is 34.9 Å². The minimum Gasteiger partial charge on any atom is -0.462 e. The Hall–Kier alpha value is -1.64. The van der Waals surface area contributed by atoms with Gasteiger partial charge in [0, 0.05) is 6.21 Å². The van der Waals surface area contributed by atoms with Gasteiger partial charge in [-0.25, -0.2) is 4.79 Å². The maximum Gasteiger partial charge on any atom is 0.338 e.